The molecule has 0 saturated heterocycles. The van der Waals surface area contributed by atoms with E-state index in [4.69, 9.17) is 4.74 Å². The number of esters is 1. The van der Waals surface area contributed by atoms with Crippen LogP contribution in [0.25, 0.3) is 0 Å². The SMILES string of the molecule is C=C(CC[C@@H](C(=O)O)[C@H]1C[C@H](OC(C)=O)[C@@]2(C)C3=C(CC[C@]12C)[C@@]1(C)CCC(=O)C(C)(C)C1CC3)C(C)C. The maximum absolute atomic E-state index is 12.9. The molecule has 5 heteroatoms. The number of carbonyl (C=O) groups is 3. The van der Waals surface area contributed by atoms with Gasteiger partial charge >= 0.3 is 11.9 Å². The first-order valence-electron chi connectivity index (χ1n) is 14.9. The van der Waals surface area contributed by atoms with Crippen LogP contribution >= 0.6 is 0 Å². The zero-order valence-corrected chi connectivity index (χ0v) is 25.0. The smallest absolute Gasteiger partial charge is 0.306 e. The van der Waals surface area contributed by atoms with Crippen LogP contribution in [0, 0.1) is 45.3 Å². The third kappa shape index (κ3) is 4.13. The highest BCUT2D eigenvalue weighted by Gasteiger charge is 2.68. The van der Waals surface area contributed by atoms with E-state index >= 15 is 0 Å². The van der Waals surface area contributed by atoms with Crippen molar-refractivity contribution in [2.75, 3.05) is 0 Å². The second-order valence-corrected chi connectivity index (χ2v) is 14.5. The van der Waals surface area contributed by atoms with Crippen LogP contribution in [0.15, 0.2) is 23.3 Å². The first kappa shape index (κ1) is 29.1. The Morgan fingerprint density at radius 1 is 1.05 bits per heavy atom. The summed E-state index contributed by atoms with van der Waals surface area (Å²) in [6.45, 7) is 21.1. The summed E-state index contributed by atoms with van der Waals surface area (Å²) in [6.07, 6.45) is 6.67. The molecule has 38 heavy (non-hydrogen) atoms. The molecule has 212 valence electrons. The maximum atomic E-state index is 12.9. The number of hydrogen-bond donors (Lipinski definition) is 1. The van der Waals surface area contributed by atoms with Crippen molar-refractivity contribution in [3.63, 3.8) is 0 Å². The quantitative estimate of drug-likeness (QED) is 0.274. The van der Waals surface area contributed by atoms with Gasteiger partial charge in [-0.1, -0.05) is 71.8 Å². The Morgan fingerprint density at radius 2 is 1.71 bits per heavy atom. The topological polar surface area (TPSA) is 80.7 Å². The summed E-state index contributed by atoms with van der Waals surface area (Å²) in [5.41, 5.74) is 2.87. The van der Waals surface area contributed by atoms with Crippen LogP contribution < -0.4 is 0 Å². The highest BCUT2D eigenvalue weighted by Crippen LogP contribution is 2.72. The third-order valence-corrected chi connectivity index (χ3v) is 12.3. The maximum Gasteiger partial charge on any atom is 0.306 e. The standard InChI is InChI=1S/C33H50O5/c1-19(2)20(3)10-11-22(29(36)37)25-18-28(38-21(4)34)33(9)24-12-13-26-30(5,6)27(35)15-16-31(26,7)23(24)14-17-32(25,33)8/h19,22,25-26,28H,3,10-18H2,1-2,4-9H3,(H,36,37)/t22-,25-,26?,28+,31-,32-,33-/m1/s1. The van der Waals surface area contributed by atoms with Gasteiger partial charge < -0.3 is 9.84 Å². The molecule has 0 aromatic carbocycles. The van der Waals surface area contributed by atoms with Gasteiger partial charge in [-0.15, -0.1) is 0 Å². The van der Waals surface area contributed by atoms with Gasteiger partial charge in [-0.3, -0.25) is 14.4 Å². The molecule has 0 aliphatic heterocycles. The summed E-state index contributed by atoms with van der Waals surface area (Å²) in [4.78, 5) is 38.1. The van der Waals surface area contributed by atoms with Gasteiger partial charge in [0.25, 0.3) is 0 Å². The van der Waals surface area contributed by atoms with Gasteiger partial charge in [-0.25, -0.2) is 0 Å². The Morgan fingerprint density at radius 3 is 2.29 bits per heavy atom. The minimum atomic E-state index is -0.749. The van der Waals surface area contributed by atoms with Crippen molar-refractivity contribution in [2.45, 2.75) is 119 Å². The monoisotopic (exact) mass is 526 g/mol. The Labute approximate surface area is 229 Å². The van der Waals surface area contributed by atoms with Crippen LogP contribution in [0.4, 0.5) is 0 Å². The highest BCUT2D eigenvalue weighted by molar-refractivity contribution is 5.85. The Kier molecular flexibility index (Phi) is 7.37. The van der Waals surface area contributed by atoms with Gasteiger partial charge in [0, 0.05) is 24.2 Å². The van der Waals surface area contributed by atoms with E-state index in [0.29, 0.717) is 43.3 Å². The minimum absolute atomic E-state index is 0.0462. The number of allylic oxidation sites excluding steroid dienone is 2. The number of carbonyl (C=O) groups excluding carboxylic acids is 2. The van der Waals surface area contributed by atoms with Crippen molar-refractivity contribution in [1.29, 1.82) is 0 Å². The van der Waals surface area contributed by atoms with E-state index in [0.717, 1.165) is 37.7 Å². The first-order valence-corrected chi connectivity index (χ1v) is 14.9. The van der Waals surface area contributed by atoms with Crippen molar-refractivity contribution in [1.82, 2.24) is 0 Å². The van der Waals surface area contributed by atoms with E-state index in [1.165, 1.54) is 18.1 Å². The molecule has 5 nitrogen and oxygen atoms in total. The number of ether oxygens (including phenoxy) is 1. The number of fused-ring (bicyclic) bond motifs is 4. The fraction of sp³-hybridized carbons (Fsp3) is 0.788. The van der Waals surface area contributed by atoms with Crippen LogP contribution in [0.2, 0.25) is 0 Å². The van der Waals surface area contributed by atoms with Gasteiger partial charge in [-0.2, -0.15) is 0 Å². The largest absolute Gasteiger partial charge is 0.481 e. The Hall–Kier alpha value is -1.91. The predicted octanol–water partition coefficient (Wildman–Crippen LogP) is 7.54. The van der Waals surface area contributed by atoms with Crippen molar-refractivity contribution in [3.8, 4) is 0 Å². The number of Topliss-reactive ketones (excluding diaryl/α,β-unsaturated/α-hetero) is 1. The lowest BCUT2D eigenvalue weighted by Crippen LogP contribution is -2.55. The molecule has 4 aliphatic rings. The molecule has 4 aliphatic carbocycles. The molecule has 0 heterocycles. The summed E-state index contributed by atoms with van der Waals surface area (Å²) >= 11 is 0. The van der Waals surface area contributed by atoms with E-state index in [-0.39, 0.29) is 34.2 Å². The Bertz CT molecular complexity index is 1070. The zero-order valence-electron chi connectivity index (χ0n) is 25.0. The lowest BCUT2D eigenvalue weighted by Gasteiger charge is -2.61. The van der Waals surface area contributed by atoms with Crippen LogP contribution in [0.3, 0.4) is 0 Å². The number of hydrogen-bond acceptors (Lipinski definition) is 4. The fourth-order valence-electron chi connectivity index (χ4n) is 9.64. The molecule has 0 spiro atoms. The number of aliphatic carboxylic acids is 1. The summed E-state index contributed by atoms with van der Waals surface area (Å²) < 4.78 is 6.11. The molecule has 1 unspecified atom stereocenters. The second-order valence-electron chi connectivity index (χ2n) is 14.5. The van der Waals surface area contributed by atoms with Crippen molar-refractivity contribution in [2.24, 2.45) is 45.3 Å². The van der Waals surface area contributed by atoms with E-state index in [2.05, 4.69) is 55.0 Å². The first-order chi connectivity index (χ1) is 17.5. The van der Waals surface area contributed by atoms with Crippen LogP contribution in [-0.2, 0) is 19.1 Å². The Balaban J connectivity index is 1.80. The van der Waals surface area contributed by atoms with Crippen molar-refractivity contribution in [3.05, 3.63) is 23.3 Å². The molecule has 0 amide bonds. The molecule has 2 fully saturated rings. The molecule has 4 rings (SSSR count). The van der Waals surface area contributed by atoms with Gasteiger partial charge in [-0.05, 0) is 80.0 Å². The van der Waals surface area contributed by atoms with Gasteiger partial charge in [0.05, 0.1) is 5.92 Å². The molecule has 2 saturated carbocycles. The van der Waals surface area contributed by atoms with Crippen LogP contribution in [0.5, 0.6) is 0 Å². The molecule has 0 aromatic rings. The predicted molar refractivity (Wildman–Crippen MR) is 149 cm³/mol. The summed E-state index contributed by atoms with van der Waals surface area (Å²) in [5.74, 6) is -0.623. The average Bonchev–Trinajstić information content (AvgIpc) is 3.03. The third-order valence-electron chi connectivity index (χ3n) is 12.3. The van der Waals surface area contributed by atoms with Crippen molar-refractivity contribution >= 4 is 17.7 Å². The molecule has 1 N–H and O–H groups in total. The van der Waals surface area contributed by atoms with Gasteiger partial charge in [0.1, 0.15) is 11.9 Å². The van der Waals surface area contributed by atoms with Crippen LogP contribution in [-0.4, -0.2) is 28.9 Å². The lowest BCUT2D eigenvalue weighted by atomic mass is 9.43. The van der Waals surface area contributed by atoms with Gasteiger partial charge in [0.15, 0.2) is 0 Å². The summed E-state index contributed by atoms with van der Waals surface area (Å²) in [5, 5.41) is 10.5. The molecule has 0 bridgehead atoms. The van der Waals surface area contributed by atoms with Crippen LogP contribution in [0.1, 0.15) is 113 Å². The highest BCUT2D eigenvalue weighted by atomic mass is 16.5. The van der Waals surface area contributed by atoms with E-state index in [1.807, 2.05) is 0 Å². The number of carboxylic acids is 1. The molecular weight excluding hydrogens is 476 g/mol. The van der Waals surface area contributed by atoms with E-state index in [9.17, 15) is 19.5 Å². The number of ketones is 1. The molecule has 0 aromatic heterocycles. The number of carboxylic acid groups (broad SMARTS) is 1. The van der Waals surface area contributed by atoms with E-state index < -0.39 is 17.3 Å². The average molecular weight is 527 g/mol. The minimum Gasteiger partial charge on any atom is -0.481 e. The molecule has 7 atom stereocenters. The summed E-state index contributed by atoms with van der Waals surface area (Å²) in [7, 11) is 0. The second kappa shape index (κ2) is 9.63. The fourth-order valence-corrected chi connectivity index (χ4v) is 9.64. The summed E-state index contributed by atoms with van der Waals surface area (Å²) in [6, 6.07) is 0. The van der Waals surface area contributed by atoms with Crippen molar-refractivity contribution < 1.29 is 24.2 Å². The number of rotatable bonds is 7. The zero-order chi connectivity index (χ0) is 28.4. The lowest BCUT2D eigenvalue weighted by molar-refractivity contribution is -0.154. The molecule has 0 radical (unpaired) electrons. The van der Waals surface area contributed by atoms with E-state index in [1.54, 1.807) is 0 Å². The molecular formula is C33H50O5. The van der Waals surface area contributed by atoms with Gasteiger partial charge in [0.2, 0.25) is 0 Å². The normalized spacial score (nSPS) is 38.8.